The molecule has 1 saturated carbocycles. The number of ether oxygens (including phenoxy) is 1. The first-order valence-electron chi connectivity index (χ1n) is 9.05. The Kier molecular flexibility index (Phi) is 6.38. The lowest BCUT2D eigenvalue weighted by Gasteiger charge is -2.18. The molecule has 1 aliphatic carbocycles. The maximum absolute atomic E-state index is 14.1. The molecule has 0 aliphatic heterocycles. The van der Waals surface area contributed by atoms with Crippen LogP contribution < -0.4 is 10.2 Å². The van der Waals surface area contributed by atoms with Crippen LogP contribution in [0, 0.1) is 5.82 Å². The molecule has 1 aromatic heterocycles. The summed E-state index contributed by atoms with van der Waals surface area (Å²) in [6, 6.07) is 6.09. The fourth-order valence-electron chi connectivity index (χ4n) is 2.46. The van der Waals surface area contributed by atoms with Crippen LogP contribution in [0.25, 0.3) is 6.08 Å². The van der Waals surface area contributed by atoms with Gasteiger partial charge in [0.1, 0.15) is 5.82 Å². The predicted octanol–water partition coefficient (Wildman–Crippen LogP) is 3.19. The average Bonchev–Trinajstić information content (AvgIpc) is 3.37. The molecular formula is C20H20FN3O4S. The van der Waals surface area contributed by atoms with Crippen molar-refractivity contribution in [2.75, 3.05) is 4.90 Å². The molecule has 1 N–H and O–H groups in total. The van der Waals surface area contributed by atoms with Crippen LogP contribution >= 0.6 is 11.3 Å². The van der Waals surface area contributed by atoms with Crippen molar-refractivity contribution in [2.45, 2.75) is 38.8 Å². The topological polar surface area (TPSA) is 88.6 Å². The summed E-state index contributed by atoms with van der Waals surface area (Å²) in [5.41, 5.74) is 0.499. The molecule has 0 radical (unpaired) electrons. The molecule has 0 unspecified atom stereocenters. The van der Waals surface area contributed by atoms with Gasteiger partial charge in [-0.05, 0) is 38.0 Å². The molecule has 9 heteroatoms. The van der Waals surface area contributed by atoms with Crippen LogP contribution in [0.15, 0.2) is 35.7 Å². The second-order valence-electron chi connectivity index (χ2n) is 6.56. The molecule has 0 spiro atoms. The second kappa shape index (κ2) is 8.95. The lowest BCUT2D eigenvalue weighted by Crippen LogP contribution is -2.36. The molecule has 1 aliphatic rings. The maximum atomic E-state index is 14.1. The van der Waals surface area contributed by atoms with E-state index in [0.717, 1.165) is 30.3 Å². The number of aromatic nitrogens is 1. The standard InChI is InChI=1S/C20H20FN3O4S/c1-12(19(27)22-14-7-8-14)28-18(26)10-9-15-11-29-20(23-15)24(13(2)25)17-6-4-3-5-16(17)21/h3-6,9-12,14H,7-8H2,1-2H3,(H,22,27)/b10-9+/t12-/m0/s1. The van der Waals surface area contributed by atoms with Crippen LogP contribution in [0.4, 0.5) is 15.2 Å². The first-order valence-corrected chi connectivity index (χ1v) is 9.93. The van der Waals surface area contributed by atoms with Crippen molar-refractivity contribution in [3.63, 3.8) is 0 Å². The number of hydrogen-bond acceptors (Lipinski definition) is 6. The number of halogens is 1. The van der Waals surface area contributed by atoms with Crippen molar-refractivity contribution in [3.05, 3.63) is 47.2 Å². The number of amides is 2. The molecule has 3 rings (SSSR count). The van der Waals surface area contributed by atoms with E-state index >= 15 is 0 Å². The number of nitrogens with zero attached hydrogens (tertiary/aromatic N) is 2. The Balaban J connectivity index is 1.65. The number of para-hydroxylation sites is 1. The van der Waals surface area contributed by atoms with Gasteiger partial charge in [-0.25, -0.2) is 14.2 Å². The number of carbonyl (C=O) groups is 3. The third-order valence-electron chi connectivity index (χ3n) is 4.09. The number of esters is 1. The fourth-order valence-corrected chi connectivity index (χ4v) is 3.31. The number of carbonyl (C=O) groups excluding carboxylic acids is 3. The van der Waals surface area contributed by atoms with Crippen LogP contribution in [-0.2, 0) is 19.1 Å². The zero-order valence-corrected chi connectivity index (χ0v) is 16.7. The van der Waals surface area contributed by atoms with Gasteiger partial charge in [0.25, 0.3) is 5.91 Å². The van der Waals surface area contributed by atoms with Gasteiger partial charge in [-0.2, -0.15) is 0 Å². The lowest BCUT2D eigenvalue weighted by atomic mass is 10.3. The average molecular weight is 417 g/mol. The van der Waals surface area contributed by atoms with Gasteiger partial charge in [0, 0.05) is 24.4 Å². The number of thiazole rings is 1. The molecule has 2 aromatic rings. The Morgan fingerprint density at radius 2 is 2.07 bits per heavy atom. The number of benzene rings is 1. The summed E-state index contributed by atoms with van der Waals surface area (Å²) in [7, 11) is 0. The Bertz CT molecular complexity index is 955. The normalized spacial score (nSPS) is 14.4. The molecule has 29 heavy (non-hydrogen) atoms. The summed E-state index contributed by atoms with van der Waals surface area (Å²) < 4.78 is 19.2. The smallest absolute Gasteiger partial charge is 0.331 e. The molecule has 152 valence electrons. The number of anilines is 2. The summed E-state index contributed by atoms with van der Waals surface area (Å²) in [6.07, 6.45) is 3.56. The fraction of sp³-hybridized carbons (Fsp3) is 0.300. The van der Waals surface area contributed by atoms with Crippen molar-refractivity contribution >= 4 is 46.0 Å². The van der Waals surface area contributed by atoms with Crippen molar-refractivity contribution in [1.82, 2.24) is 10.3 Å². The van der Waals surface area contributed by atoms with Crippen molar-refractivity contribution in [2.24, 2.45) is 0 Å². The highest BCUT2D eigenvalue weighted by molar-refractivity contribution is 7.14. The zero-order chi connectivity index (χ0) is 21.0. The highest BCUT2D eigenvalue weighted by Crippen LogP contribution is 2.31. The van der Waals surface area contributed by atoms with E-state index in [4.69, 9.17) is 4.74 Å². The van der Waals surface area contributed by atoms with Crippen LogP contribution in [0.3, 0.4) is 0 Å². The summed E-state index contributed by atoms with van der Waals surface area (Å²) >= 11 is 1.13. The third-order valence-corrected chi connectivity index (χ3v) is 4.93. The quantitative estimate of drug-likeness (QED) is 0.552. The van der Waals surface area contributed by atoms with Gasteiger partial charge in [-0.1, -0.05) is 12.1 Å². The summed E-state index contributed by atoms with van der Waals surface area (Å²) in [5.74, 6) is -1.95. The maximum Gasteiger partial charge on any atom is 0.331 e. The van der Waals surface area contributed by atoms with E-state index in [-0.39, 0.29) is 22.8 Å². The molecule has 1 fully saturated rings. The van der Waals surface area contributed by atoms with E-state index < -0.39 is 23.8 Å². The first kappa shape index (κ1) is 20.7. The van der Waals surface area contributed by atoms with Gasteiger partial charge in [-0.3, -0.25) is 14.5 Å². The zero-order valence-electron chi connectivity index (χ0n) is 15.9. The number of hydrogen-bond donors (Lipinski definition) is 1. The molecule has 1 heterocycles. The van der Waals surface area contributed by atoms with E-state index in [9.17, 15) is 18.8 Å². The van der Waals surface area contributed by atoms with E-state index in [1.165, 1.54) is 43.0 Å². The number of rotatable bonds is 7. The molecular weight excluding hydrogens is 397 g/mol. The van der Waals surface area contributed by atoms with Gasteiger partial charge in [-0.15, -0.1) is 11.3 Å². The van der Waals surface area contributed by atoms with E-state index in [0.29, 0.717) is 5.69 Å². The molecule has 0 bridgehead atoms. The molecule has 7 nitrogen and oxygen atoms in total. The summed E-state index contributed by atoms with van der Waals surface area (Å²) in [4.78, 5) is 41.2. The van der Waals surface area contributed by atoms with Gasteiger partial charge < -0.3 is 10.1 Å². The monoisotopic (exact) mass is 417 g/mol. The van der Waals surface area contributed by atoms with Gasteiger partial charge in [0.15, 0.2) is 11.2 Å². The number of nitrogens with one attached hydrogen (secondary N) is 1. The first-order chi connectivity index (χ1) is 13.8. The van der Waals surface area contributed by atoms with Crippen molar-refractivity contribution < 1.29 is 23.5 Å². The molecule has 2 amide bonds. The van der Waals surface area contributed by atoms with E-state index in [1.54, 1.807) is 11.4 Å². The second-order valence-corrected chi connectivity index (χ2v) is 7.39. The Labute approximate surface area is 171 Å². The van der Waals surface area contributed by atoms with Crippen LogP contribution in [0.2, 0.25) is 0 Å². The van der Waals surface area contributed by atoms with Crippen LogP contribution in [0.5, 0.6) is 0 Å². The minimum absolute atomic E-state index is 0.0970. The van der Waals surface area contributed by atoms with Crippen molar-refractivity contribution in [3.8, 4) is 0 Å². The third kappa shape index (κ3) is 5.47. The Hall–Kier alpha value is -3.07. The molecule has 0 saturated heterocycles. The summed E-state index contributed by atoms with van der Waals surface area (Å²) in [6.45, 7) is 2.82. The highest BCUT2D eigenvalue weighted by atomic mass is 32.1. The van der Waals surface area contributed by atoms with Gasteiger partial charge in [0.2, 0.25) is 5.91 Å². The van der Waals surface area contributed by atoms with Gasteiger partial charge in [0.05, 0.1) is 11.4 Å². The van der Waals surface area contributed by atoms with E-state index in [1.807, 2.05) is 0 Å². The predicted molar refractivity (Wildman–Crippen MR) is 107 cm³/mol. The highest BCUT2D eigenvalue weighted by Gasteiger charge is 2.27. The minimum atomic E-state index is -0.895. The Morgan fingerprint density at radius 3 is 2.72 bits per heavy atom. The van der Waals surface area contributed by atoms with Crippen molar-refractivity contribution in [1.29, 1.82) is 0 Å². The molecule has 1 aromatic carbocycles. The van der Waals surface area contributed by atoms with Crippen LogP contribution in [-0.4, -0.2) is 34.9 Å². The van der Waals surface area contributed by atoms with E-state index in [2.05, 4.69) is 10.3 Å². The molecule has 1 atom stereocenters. The lowest BCUT2D eigenvalue weighted by molar-refractivity contribution is -0.150. The summed E-state index contributed by atoms with van der Waals surface area (Å²) in [5, 5.41) is 4.66. The van der Waals surface area contributed by atoms with Crippen LogP contribution in [0.1, 0.15) is 32.4 Å². The minimum Gasteiger partial charge on any atom is -0.449 e. The Morgan fingerprint density at radius 1 is 1.34 bits per heavy atom. The SMILES string of the molecule is CC(=O)N(c1nc(/C=C/C(=O)O[C@@H](C)C(=O)NC2CC2)cs1)c1ccccc1F. The van der Waals surface area contributed by atoms with Gasteiger partial charge >= 0.3 is 5.97 Å². The largest absolute Gasteiger partial charge is 0.449 e.